The number of rotatable bonds is 5. The van der Waals surface area contributed by atoms with E-state index in [-0.39, 0.29) is 12.4 Å². The Kier molecular flexibility index (Phi) is 6.46. The molecule has 3 heterocycles. The number of aliphatic imine (C=N–C) groups is 1. The number of carbonyl (C=O) groups excluding carboxylic acids is 1. The quantitative estimate of drug-likeness (QED) is 0.398. The lowest BCUT2D eigenvalue weighted by atomic mass is 9.98. The second-order valence-corrected chi connectivity index (χ2v) is 10.7. The first kappa shape index (κ1) is 24.5. The topological polar surface area (TPSA) is 107 Å². The van der Waals surface area contributed by atoms with Gasteiger partial charge in [-0.1, -0.05) is 24.3 Å². The van der Waals surface area contributed by atoms with Crippen molar-refractivity contribution in [1.29, 1.82) is 0 Å². The van der Waals surface area contributed by atoms with Crippen molar-refractivity contribution in [1.82, 2.24) is 14.8 Å². The van der Waals surface area contributed by atoms with Crippen molar-refractivity contribution in [2.24, 2.45) is 4.99 Å². The van der Waals surface area contributed by atoms with Gasteiger partial charge in [-0.15, -0.1) is 21.5 Å². The second kappa shape index (κ2) is 9.22. The number of ether oxygens (including phenoxy) is 1. The summed E-state index contributed by atoms with van der Waals surface area (Å²) in [5.74, 6) is -0.0288. The van der Waals surface area contributed by atoms with Crippen molar-refractivity contribution < 1.29 is 19.4 Å². The maximum absolute atomic E-state index is 12.8. The van der Waals surface area contributed by atoms with E-state index in [2.05, 4.69) is 24.0 Å². The molecule has 3 aromatic rings. The largest absolute Gasteiger partial charge is 0.478 e. The lowest BCUT2D eigenvalue weighted by molar-refractivity contribution is -0.155. The molecular weight excluding hydrogens is 464 g/mol. The molecule has 8 nitrogen and oxygen atoms in total. The molecule has 1 aliphatic heterocycles. The molecule has 0 aliphatic carbocycles. The summed E-state index contributed by atoms with van der Waals surface area (Å²) in [6.45, 7) is 11.5. The monoisotopic (exact) mass is 492 g/mol. The minimum atomic E-state index is -1.00. The van der Waals surface area contributed by atoms with Crippen LogP contribution in [0.5, 0.6) is 0 Å². The maximum Gasteiger partial charge on any atom is 0.328 e. The molecule has 0 saturated carbocycles. The fourth-order valence-electron chi connectivity index (χ4n) is 3.99. The van der Waals surface area contributed by atoms with E-state index in [0.29, 0.717) is 5.82 Å². The zero-order valence-corrected chi connectivity index (χ0v) is 21.4. The van der Waals surface area contributed by atoms with Gasteiger partial charge in [0.25, 0.3) is 0 Å². The number of nitrogens with zero attached hydrogens (tertiary/aromatic N) is 4. The number of aryl methyl sites for hydroxylation is 2. The van der Waals surface area contributed by atoms with E-state index >= 15 is 0 Å². The highest BCUT2D eigenvalue weighted by Gasteiger charge is 2.33. The predicted octanol–water partition coefficient (Wildman–Crippen LogP) is 4.98. The van der Waals surface area contributed by atoms with E-state index in [1.54, 1.807) is 17.4 Å². The Morgan fingerprint density at radius 2 is 1.83 bits per heavy atom. The fraction of sp³-hybridized carbons (Fsp3) is 0.346. The summed E-state index contributed by atoms with van der Waals surface area (Å²) >= 11 is 1.64. The molecule has 182 valence electrons. The van der Waals surface area contributed by atoms with Crippen LogP contribution in [0.15, 0.2) is 35.3 Å². The Morgan fingerprint density at radius 1 is 1.14 bits per heavy atom. The molecule has 0 unspecified atom stereocenters. The summed E-state index contributed by atoms with van der Waals surface area (Å²) < 4.78 is 7.58. The van der Waals surface area contributed by atoms with Crippen molar-refractivity contribution in [3.8, 4) is 5.00 Å². The molecule has 0 spiro atoms. The summed E-state index contributed by atoms with van der Waals surface area (Å²) in [6.07, 6.45) is 2.68. The van der Waals surface area contributed by atoms with Crippen molar-refractivity contribution in [2.75, 3.05) is 0 Å². The second-order valence-electron chi connectivity index (χ2n) is 9.48. The third kappa shape index (κ3) is 5.09. The molecular formula is C26H28N4O4S. The highest BCUT2D eigenvalue weighted by molar-refractivity contribution is 7.15. The molecule has 1 atom stereocenters. The van der Waals surface area contributed by atoms with E-state index in [1.807, 2.05) is 56.5 Å². The Bertz CT molecular complexity index is 1360. The number of hydrogen-bond donors (Lipinski definition) is 1. The van der Waals surface area contributed by atoms with Gasteiger partial charge in [-0.05, 0) is 58.7 Å². The van der Waals surface area contributed by atoms with Crippen molar-refractivity contribution in [3.05, 3.63) is 69.1 Å². The number of benzene rings is 1. The van der Waals surface area contributed by atoms with Crippen LogP contribution >= 0.6 is 11.3 Å². The van der Waals surface area contributed by atoms with E-state index in [4.69, 9.17) is 14.8 Å². The van der Waals surface area contributed by atoms with Crippen LogP contribution in [0.4, 0.5) is 0 Å². The van der Waals surface area contributed by atoms with Crippen LogP contribution in [0.3, 0.4) is 0 Å². The van der Waals surface area contributed by atoms with Crippen LogP contribution in [0.2, 0.25) is 0 Å². The van der Waals surface area contributed by atoms with E-state index in [0.717, 1.165) is 49.7 Å². The molecule has 2 aromatic heterocycles. The van der Waals surface area contributed by atoms with Crippen LogP contribution < -0.4 is 0 Å². The lowest BCUT2D eigenvalue weighted by Gasteiger charge is -2.21. The van der Waals surface area contributed by atoms with E-state index < -0.39 is 17.6 Å². The van der Waals surface area contributed by atoms with Crippen LogP contribution in [0, 0.1) is 20.8 Å². The number of fused-ring (bicyclic) bond motifs is 3. The van der Waals surface area contributed by atoms with Crippen LogP contribution in [-0.4, -0.2) is 43.1 Å². The molecule has 9 heteroatoms. The zero-order valence-electron chi connectivity index (χ0n) is 20.6. The smallest absolute Gasteiger partial charge is 0.328 e. The van der Waals surface area contributed by atoms with Gasteiger partial charge in [-0.25, -0.2) is 4.79 Å². The molecule has 1 aliphatic rings. The zero-order chi connectivity index (χ0) is 25.5. The molecule has 35 heavy (non-hydrogen) atoms. The molecule has 0 bridgehead atoms. The molecule has 1 aromatic carbocycles. The first-order valence-electron chi connectivity index (χ1n) is 11.3. The third-order valence-electron chi connectivity index (χ3n) is 5.62. The molecule has 0 radical (unpaired) electrons. The van der Waals surface area contributed by atoms with E-state index in [1.165, 1.54) is 0 Å². The predicted molar refractivity (Wildman–Crippen MR) is 135 cm³/mol. The van der Waals surface area contributed by atoms with Crippen molar-refractivity contribution in [2.45, 2.75) is 59.6 Å². The summed E-state index contributed by atoms with van der Waals surface area (Å²) in [4.78, 5) is 29.9. The SMILES string of the molecule is Cc1sc2c(c1C)C(c1ccc(C=CC(=O)O)cc1)=N[C@@H](CC(=O)OC(C)(C)C)c1nnc(C)n1-2. The average Bonchev–Trinajstić information content (AvgIpc) is 3.24. The average molecular weight is 493 g/mol. The Hall–Kier alpha value is -3.59. The number of carbonyl (C=O) groups is 2. The molecule has 4 rings (SSSR count). The summed E-state index contributed by atoms with van der Waals surface area (Å²) in [6, 6.07) is 6.96. The normalized spacial score (nSPS) is 15.4. The number of thiophene rings is 1. The minimum absolute atomic E-state index is 0.0330. The van der Waals surface area contributed by atoms with Gasteiger partial charge in [0.15, 0.2) is 5.82 Å². The van der Waals surface area contributed by atoms with Gasteiger partial charge in [-0.2, -0.15) is 0 Å². The van der Waals surface area contributed by atoms with Crippen molar-refractivity contribution >= 4 is 35.1 Å². The summed E-state index contributed by atoms with van der Waals surface area (Å²) in [5.41, 5.74) is 3.87. The van der Waals surface area contributed by atoms with E-state index in [9.17, 15) is 9.59 Å². The number of aromatic nitrogens is 3. The number of hydrogen-bond acceptors (Lipinski definition) is 7. The Labute approximate surface area is 208 Å². The molecule has 0 fully saturated rings. The lowest BCUT2D eigenvalue weighted by Crippen LogP contribution is -2.25. The number of esters is 1. The van der Waals surface area contributed by atoms with Gasteiger partial charge >= 0.3 is 11.9 Å². The van der Waals surface area contributed by atoms with Crippen LogP contribution in [0.1, 0.15) is 72.0 Å². The third-order valence-corrected chi connectivity index (χ3v) is 6.81. The van der Waals surface area contributed by atoms with Gasteiger partial charge in [-0.3, -0.25) is 14.4 Å². The number of carboxylic acids is 1. The summed E-state index contributed by atoms with van der Waals surface area (Å²) in [7, 11) is 0. The molecule has 0 saturated heterocycles. The van der Waals surface area contributed by atoms with Gasteiger partial charge in [0.1, 0.15) is 22.5 Å². The van der Waals surface area contributed by atoms with Gasteiger partial charge in [0.2, 0.25) is 0 Å². The van der Waals surface area contributed by atoms with Crippen molar-refractivity contribution in [3.63, 3.8) is 0 Å². The fourth-order valence-corrected chi connectivity index (χ4v) is 5.20. The first-order valence-corrected chi connectivity index (χ1v) is 12.1. The van der Waals surface area contributed by atoms with Crippen LogP contribution in [0.25, 0.3) is 11.1 Å². The van der Waals surface area contributed by atoms with Gasteiger partial charge in [0.05, 0.1) is 12.1 Å². The maximum atomic E-state index is 12.8. The highest BCUT2D eigenvalue weighted by Crippen LogP contribution is 2.39. The number of carboxylic acid groups (broad SMARTS) is 1. The first-order chi connectivity index (χ1) is 16.4. The molecule has 1 N–H and O–H groups in total. The highest BCUT2D eigenvalue weighted by atomic mass is 32.1. The van der Waals surface area contributed by atoms with Crippen LogP contribution in [-0.2, 0) is 14.3 Å². The summed E-state index contributed by atoms with van der Waals surface area (Å²) in [5, 5.41) is 18.6. The van der Waals surface area contributed by atoms with Gasteiger partial charge < -0.3 is 9.84 Å². The molecule has 0 amide bonds. The Balaban J connectivity index is 1.86. The Morgan fingerprint density at radius 3 is 2.46 bits per heavy atom. The minimum Gasteiger partial charge on any atom is -0.478 e. The number of aliphatic carboxylic acids is 1. The standard InChI is InChI=1S/C26H28N4O4S/c1-14-15(2)35-25-22(14)23(18-10-7-17(8-11-18)9-12-20(31)32)27-19(13-21(33)34-26(4,5)6)24-29-28-16(3)30(24)25/h7-12,19H,13H2,1-6H3,(H,31,32)/t19-/m0/s1. The van der Waals surface area contributed by atoms with Gasteiger partial charge in [0, 0.05) is 22.1 Å².